The van der Waals surface area contributed by atoms with Gasteiger partial charge in [0, 0.05) is 36.8 Å². The summed E-state index contributed by atoms with van der Waals surface area (Å²) >= 11 is 0. The minimum absolute atomic E-state index is 0.0691. The third-order valence-electron chi connectivity index (χ3n) is 4.49. The van der Waals surface area contributed by atoms with Gasteiger partial charge in [-0.25, -0.2) is 9.37 Å². The van der Waals surface area contributed by atoms with Crippen LogP contribution in [0.1, 0.15) is 44.7 Å². The molecule has 0 bridgehead atoms. The maximum absolute atomic E-state index is 13.2. The van der Waals surface area contributed by atoms with E-state index in [1.165, 1.54) is 12.1 Å². The predicted molar refractivity (Wildman–Crippen MR) is 91.4 cm³/mol. The van der Waals surface area contributed by atoms with Crippen molar-refractivity contribution in [3.05, 3.63) is 42.0 Å². The zero-order valence-corrected chi connectivity index (χ0v) is 14.5. The van der Waals surface area contributed by atoms with Gasteiger partial charge >= 0.3 is 5.97 Å². The first kappa shape index (κ1) is 17.6. The molecule has 0 saturated carbocycles. The highest BCUT2D eigenvalue weighted by Gasteiger charge is 2.27. The van der Waals surface area contributed by atoms with Crippen LogP contribution >= 0.6 is 0 Å². The Balaban J connectivity index is 1.82. The number of hydrogen-bond acceptors (Lipinski definition) is 4. The van der Waals surface area contributed by atoms with Crippen LogP contribution in [0.25, 0.3) is 11.4 Å². The Bertz CT molecular complexity index is 740. The summed E-state index contributed by atoms with van der Waals surface area (Å²) in [6.45, 7) is 4.80. The van der Waals surface area contributed by atoms with E-state index in [-0.39, 0.29) is 30.2 Å². The lowest BCUT2D eigenvalue weighted by molar-refractivity contribution is -0.160. The molecule has 0 aliphatic carbocycles. The molecule has 6 heteroatoms. The number of esters is 1. The largest absolute Gasteiger partial charge is 0.462 e. The van der Waals surface area contributed by atoms with E-state index in [4.69, 9.17) is 4.74 Å². The Kier molecular flexibility index (Phi) is 5.18. The molecule has 134 valence electrons. The lowest BCUT2D eigenvalue weighted by Gasteiger charge is -2.26. The molecule has 2 heterocycles. The van der Waals surface area contributed by atoms with Gasteiger partial charge in [-0.1, -0.05) is 13.8 Å². The zero-order valence-electron chi connectivity index (χ0n) is 14.5. The lowest BCUT2D eigenvalue weighted by Crippen LogP contribution is -2.33. The molecule has 2 unspecified atom stereocenters. The molecule has 1 fully saturated rings. The molecule has 0 radical (unpaired) electrons. The van der Waals surface area contributed by atoms with Crippen LogP contribution in [0.15, 0.2) is 30.5 Å². The van der Waals surface area contributed by atoms with Gasteiger partial charge in [0.05, 0.1) is 12.5 Å². The van der Waals surface area contributed by atoms with Crippen LogP contribution < -0.4 is 0 Å². The number of aliphatic hydroxyl groups excluding tert-OH is 1. The summed E-state index contributed by atoms with van der Waals surface area (Å²) in [5.74, 6) is 0.416. The van der Waals surface area contributed by atoms with Crippen molar-refractivity contribution in [3.8, 4) is 11.4 Å². The molecule has 2 atom stereocenters. The second kappa shape index (κ2) is 7.35. The highest BCUT2D eigenvalue weighted by atomic mass is 19.1. The number of hydrogen-bond donors (Lipinski definition) is 1. The topological polar surface area (TPSA) is 64.3 Å². The van der Waals surface area contributed by atoms with E-state index in [0.717, 1.165) is 17.1 Å². The molecule has 3 rings (SSSR count). The number of aromatic nitrogens is 2. The van der Waals surface area contributed by atoms with Gasteiger partial charge in [0.1, 0.15) is 17.7 Å². The van der Waals surface area contributed by atoms with E-state index in [1.54, 1.807) is 12.1 Å². The number of nitrogens with zero attached hydrogens (tertiary/aromatic N) is 2. The highest BCUT2D eigenvalue weighted by Crippen LogP contribution is 2.26. The van der Waals surface area contributed by atoms with Gasteiger partial charge < -0.3 is 14.4 Å². The van der Waals surface area contributed by atoms with Gasteiger partial charge in [-0.15, -0.1) is 0 Å². The minimum Gasteiger partial charge on any atom is -0.462 e. The molecule has 1 aliphatic heterocycles. The third-order valence-corrected chi connectivity index (χ3v) is 4.49. The number of benzene rings is 1. The molecular formula is C19H23FN2O3. The normalized spacial score (nSPS) is 20.8. The molecule has 5 nitrogen and oxygen atoms in total. The summed E-state index contributed by atoms with van der Waals surface area (Å²) in [4.78, 5) is 16.0. The van der Waals surface area contributed by atoms with Gasteiger partial charge in [0.2, 0.25) is 0 Å². The number of imidazole rings is 1. The Labute approximate surface area is 146 Å². The molecule has 25 heavy (non-hydrogen) atoms. The first-order valence-electron chi connectivity index (χ1n) is 8.63. The Morgan fingerprint density at radius 2 is 2.08 bits per heavy atom. The summed E-state index contributed by atoms with van der Waals surface area (Å²) in [6.07, 6.45) is 2.05. The van der Waals surface area contributed by atoms with Gasteiger partial charge in [-0.05, 0) is 30.2 Å². The predicted octanol–water partition coefficient (Wildman–Crippen LogP) is 3.27. The van der Waals surface area contributed by atoms with E-state index in [2.05, 4.69) is 23.4 Å². The molecular weight excluding hydrogens is 323 g/mol. The molecule has 1 N–H and O–H groups in total. The SMILES string of the molecule is CC(C)c1cnc(-c2ccc(F)cc2)n1CCC1CC(O)CC(=O)O1. The maximum Gasteiger partial charge on any atom is 0.308 e. The quantitative estimate of drug-likeness (QED) is 0.844. The fraction of sp³-hybridized carbons (Fsp3) is 0.474. The maximum atomic E-state index is 13.2. The molecule has 1 aromatic heterocycles. The van der Waals surface area contributed by atoms with Crippen molar-refractivity contribution in [2.24, 2.45) is 0 Å². The number of rotatable bonds is 5. The fourth-order valence-electron chi connectivity index (χ4n) is 3.23. The summed E-state index contributed by atoms with van der Waals surface area (Å²) in [5.41, 5.74) is 1.91. The van der Waals surface area contributed by atoms with Crippen molar-refractivity contribution >= 4 is 5.97 Å². The molecule has 1 aliphatic rings. The van der Waals surface area contributed by atoms with E-state index in [1.807, 2.05) is 6.20 Å². The van der Waals surface area contributed by atoms with Gasteiger partial charge in [0.25, 0.3) is 0 Å². The Morgan fingerprint density at radius 1 is 1.36 bits per heavy atom. The van der Waals surface area contributed by atoms with Crippen LogP contribution in [0.3, 0.4) is 0 Å². The van der Waals surface area contributed by atoms with Crippen LogP contribution in [0.2, 0.25) is 0 Å². The number of ether oxygens (including phenoxy) is 1. The molecule has 0 spiro atoms. The Hall–Kier alpha value is -2.21. The smallest absolute Gasteiger partial charge is 0.308 e. The highest BCUT2D eigenvalue weighted by molar-refractivity contribution is 5.70. The van der Waals surface area contributed by atoms with Gasteiger partial charge in [0.15, 0.2) is 0 Å². The van der Waals surface area contributed by atoms with E-state index in [9.17, 15) is 14.3 Å². The number of carbonyl (C=O) groups excluding carboxylic acids is 1. The fourth-order valence-corrected chi connectivity index (χ4v) is 3.23. The number of cyclic esters (lactones) is 1. The zero-order chi connectivity index (χ0) is 18.0. The molecule has 1 aromatic carbocycles. The number of aliphatic hydroxyl groups is 1. The van der Waals surface area contributed by atoms with Crippen LogP contribution in [0.5, 0.6) is 0 Å². The summed E-state index contributed by atoms with van der Waals surface area (Å²) < 4.78 is 20.6. The minimum atomic E-state index is -0.629. The standard InChI is InChI=1S/C19H23FN2O3/c1-12(2)17-11-21-19(13-3-5-14(20)6-4-13)22(17)8-7-16-9-15(23)10-18(24)25-16/h3-6,11-12,15-16,23H,7-10H2,1-2H3. The Morgan fingerprint density at radius 3 is 2.72 bits per heavy atom. The lowest BCUT2D eigenvalue weighted by atomic mass is 10.0. The van der Waals surface area contributed by atoms with Crippen molar-refractivity contribution in [2.75, 3.05) is 0 Å². The van der Waals surface area contributed by atoms with Crippen molar-refractivity contribution in [3.63, 3.8) is 0 Å². The van der Waals surface area contributed by atoms with Crippen molar-refractivity contribution in [1.29, 1.82) is 0 Å². The summed E-state index contributed by atoms with van der Waals surface area (Å²) in [5, 5.41) is 9.75. The van der Waals surface area contributed by atoms with Crippen molar-refractivity contribution in [1.82, 2.24) is 9.55 Å². The third kappa shape index (κ3) is 4.07. The second-order valence-corrected chi connectivity index (χ2v) is 6.81. The van der Waals surface area contributed by atoms with Crippen LogP contribution in [-0.2, 0) is 16.1 Å². The van der Waals surface area contributed by atoms with E-state index < -0.39 is 6.10 Å². The summed E-state index contributed by atoms with van der Waals surface area (Å²) in [7, 11) is 0. The van der Waals surface area contributed by atoms with Crippen molar-refractivity contribution < 1.29 is 19.0 Å². The number of carbonyl (C=O) groups is 1. The average molecular weight is 346 g/mol. The molecule has 1 saturated heterocycles. The molecule has 2 aromatic rings. The van der Waals surface area contributed by atoms with Crippen LogP contribution in [0.4, 0.5) is 4.39 Å². The number of halogens is 1. The monoisotopic (exact) mass is 346 g/mol. The first-order valence-corrected chi connectivity index (χ1v) is 8.63. The van der Waals surface area contributed by atoms with Crippen LogP contribution in [0, 0.1) is 5.82 Å². The van der Waals surface area contributed by atoms with Gasteiger partial charge in [-0.3, -0.25) is 4.79 Å². The van der Waals surface area contributed by atoms with E-state index >= 15 is 0 Å². The first-order chi connectivity index (χ1) is 11.9. The van der Waals surface area contributed by atoms with Gasteiger partial charge in [-0.2, -0.15) is 0 Å². The summed E-state index contributed by atoms with van der Waals surface area (Å²) in [6, 6.07) is 6.26. The van der Waals surface area contributed by atoms with Crippen LogP contribution in [-0.4, -0.2) is 32.8 Å². The van der Waals surface area contributed by atoms with Crippen molar-refractivity contribution in [2.45, 2.75) is 57.8 Å². The molecule has 0 amide bonds. The second-order valence-electron chi connectivity index (χ2n) is 6.81. The van der Waals surface area contributed by atoms with E-state index in [0.29, 0.717) is 19.4 Å². The average Bonchev–Trinajstić information content (AvgIpc) is 2.97.